The van der Waals surface area contributed by atoms with Crippen LogP contribution in [0, 0.1) is 12.8 Å². The lowest BCUT2D eigenvalue weighted by Crippen LogP contribution is -2.23. The Labute approximate surface area is 136 Å². The number of halogens is 2. The third-order valence-corrected chi connectivity index (χ3v) is 4.63. The SMILES string of the molecule is CCOC(=O)c1c(C)oc2ncn(CC3CC3(Cl)Cl)c(=O)c12. The maximum atomic E-state index is 12.6. The highest BCUT2D eigenvalue weighted by atomic mass is 35.5. The van der Waals surface area contributed by atoms with E-state index in [2.05, 4.69) is 4.98 Å². The quantitative estimate of drug-likeness (QED) is 0.629. The van der Waals surface area contributed by atoms with Gasteiger partial charge in [-0.05, 0) is 20.3 Å². The first-order valence-corrected chi connectivity index (χ1v) is 7.64. The highest BCUT2D eigenvalue weighted by molar-refractivity contribution is 6.50. The first-order valence-electron chi connectivity index (χ1n) is 6.88. The summed E-state index contributed by atoms with van der Waals surface area (Å²) in [5, 5.41) is 0.133. The molecule has 3 rings (SSSR count). The van der Waals surface area contributed by atoms with Gasteiger partial charge in [0.2, 0.25) is 5.71 Å². The largest absolute Gasteiger partial charge is 0.462 e. The monoisotopic (exact) mass is 344 g/mol. The van der Waals surface area contributed by atoms with Crippen LogP contribution < -0.4 is 5.56 Å². The number of fused-ring (bicyclic) bond motifs is 1. The summed E-state index contributed by atoms with van der Waals surface area (Å²) in [7, 11) is 0. The third-order valence-electron chi connectivity index (χ3n) is 3.71. The van der Waals surface area contributed by atoms with Gasteiger partial charge in [-0.2, -0.15) is 0 Å². The summed E-state index contributed by atoms with van der Waals surface area (Å²) >= 11 is 12.0. The van der Waals surface area contributed by atoms with Crippen molar-refractivity contribution in [3.8, 4) is 0 Å². The molecule has 1 saturated carbocycles. The van der Waals surface area contributed by atoms with Crippen molar-refractivity contribution in [3.05, 3.63) is 28.0 Å². The van der Waals surface area contributed by atoms with Crippen LogP contribution >= 0.6 is 23.2 Å². The second kappa shape index (κ2) is 5.28. The average Bonchev–Trinajstić information content (AvgIpc) is 2.88. The predicted molar refractivity (Wildman–Crippen MR) is 81.5 cm³/mol. The number of hydrogen-bond acceptors (Lipinski definition) is 5. The van der Waals surface area contributed by atoms with E-state index in [-0.39, 0.29) is 34.7 Å². The van der Waals surface area contributed by atoms with Gasteiger partial charge in [0.25, 0.3) is 5.56 Å². The van der Waals surface area contributed by atoms with Gasteiger partial charge in [0.05, 0.1) is 6.61 Å². The topological polar surface area (TPSA) is 74.3 Å². The van der Waals surface area contributed by atoms with E-state index in [9.17, 15) is 9.59 Å². The van der Waals surface area contributed by atoms with Crippen molar-refractivity contribution in [3.63, 3.8) is 0 Å². The molecule has 0 N–H and O–H groups in total. The van der Waals surface area contributed by atoms with Crippen molar-refractivity contribution in [1.29, 1.82) is 0 Å². The van der Waals surface area contributed by atoms with Gasteiger partial charge in [-0.25, -0.2) is 9.78 Å². The fraction of sp³-hybridized carbons (Fsp3) is 0.500. The molecule has 2 aromatic heterocycles. The number of aromatic nitrogens is 2. The van der Waals surface area contributed by atoms with E-state index in [4.69, 9.17) is 32.4 Å². The highest BCUT2D eigenvalue weighted by Gasteiger charge is 2.51. The fourth-order valence-corrected chi connectivity index (χ4v) is 2.93. The molecule has 1 aliphatic rings. The molecule has 22 heavy (non-hydrogen) atoms. The molecule has 1 fully saturated rings. The highest BCUT2D eigenvalue weighted by Crippen LogP contribution is 2.53. The molecular weight excluding hydrogens is 331 g/mol. The Kier molecular flexibility index (Phi) is 3.69. The summed E-state index contributed by atoms with van der Waals surface area (Å²) in [6, 6.07) is 0. The summed E-state index contributed by atoms with van der Waals surface area (Å²) in [4.78, 5) is 28.8. The maximum absolute atomic E-state index is 12.6. The van der Waals surface area contributed by atoms with Crippen molar-refractivity contribution in [2.45, 2.75) is 31.1 Å². The molecule has 0 bridgehead atoms. The van der Waals surface area contributed by atoms with Crippen molar-refractivity contribution in [1.82, 2.24) is 9.55 Å². The van der Waals surface area contributed by atoms with Crippen molar-refractivity contribution < 1.29 is 13.9 Å². The Balaban J connectivity index is 2.07. The van der Waals surface area contributed by atoms with Crippen LogP contribution in [0.15, 0.2) is 15.5 Å². The van der Waals surface area contributed by atoms with E-state index in [0.29, 0.717) is 18.7 Å². The zero-order valence-electron chi connectivity index (χ0n) is 12.1. The lowest BCUT2D eigenvalue weighted by molar-refractivity contribution is 0.0526. The number of nitrogens with zero attached hydrogens (tertiary/aromatic N) is 2. The Morgan fingerprint density at radius 2 is 2.27 bits per heavy atom. The van der Waals surface area contributed by atoms with Crippen molar-refractivity contribution >= 4 is 40.3 Å². The Morgan fingerprint density at radius 1 is 1.59 bits per heavy atom. The Hall–Kier alpha value is -1.53. The van der Waals surface area contributed by atoms with E-state index >= 15 is 0 Å². The molecule has 2 aromatic rings. The van der Waals surface area contributed by atoms with Crippen molar-refractivity contribution in [2.75, 3.05) is 6.61 Å². The lowest BCUT2D eigenvalue weighted by atomic mass is 10.2. The number of carbonyl (C=O) groups is 1. The number of hydrogen-bond donors (Lipinski definition) is 0. The molecule has 6 nitrogen and oxygen atoms in total. The molecule has 0 aliphatic heterocycles. The van der Waals surface area contributed by atoms with E-state index in [1.165, 1.54) is 10.9 Å². The second-order valence-electron chi connectivity index (χ2n) is 5.30. The third kappa shape index (κ3) is 2.50. The van der Waals surface area contributed by atoms with E-state index in [0.717, 1.165) is 0 Å². The molecule has 118 valence electrons. The number of aryl methyl sites for hydroxylation is 1. The van der Waals surface area contributed by atoms with Crippen LogP contribution in [0.3, 0.4) is 0 Å². The molecule has 0 aromatic carbocycles. The second-order valence-corrected chi connectivity index (χ2v) is 6.84. The van der Waals surface area contributed by atoms with Gasteiger partial charge >= 0.3 is 5.97 Å². The van der Waals surface area contributed by atoms with E-state index in [1.807, 2.05) is 0 Å². The molecule has 0 saturated heterocycles. The maximum Gasteiger partial charge on any atom is 0.342 e. The van der Waals surface area contributed by atoms with Gasteiger partial charge in [0, 0.05) is 12.5 Å². The molecule has 0 amide bonds. The Bertz CT molecular complexity index is 809. The first kappa shape index (κ1) is 15.4. The van der Waals surface area contributed by atoms with E-state index < -0.39 is 10.3 Å². The predicted octanol–water partition coefficient (Wildman–Crippen LogP) is 2.67. The smallest absolute Gasteiger partial charge is 0.342 e. The van der Waals surface area contributed by atoms with Crippen LogP contribution in [0.1, 0.15) is 29.5 Å². The molecule has 1 atom stereocenters. The van der Waals surface area contributed by atoms with Crippen LogP contribution in [0.2, 0.25) is 0 Å². The molecular formula is C14H14Cl2N2O4. The normalized spacial score (nSPS) is 19.4. The van der Waals surface area contributed by atoms with Crippen LogP contribution in [0.4, 0.5) is 0 Å². The van der Waals surface area contributed by atoms with E-state index in [1.54, 1.807) is 13.8 Å². The molecule has 0 radical (unpaired) electrons. The number of alkyl halides is 2. The summed E-state index contributed by atoms with van der Waals surface area (Å²) in [5.74, 6) is -0.288. The zero-order chi connectivity index (χ0) is 16.1. The standard InChI is InChI=1S/C14H14Cl2N2O4/c1-3-21-13(20)9-7(2)22-11-10(9)12(19)18(6-17-11)5-8-4-14(8,15)16/h6,8H,3-5H2,1-2H3. The van der Waals surface area contributed by atoms with Gasteiger partial charge in [0.15, 0.2) is 0 Å². The molecule has 2 heterocycles. The summed E-state index contributed by atoms with van der Waals surface area (Å²) in [6.07, 6.45) is 2.00. The van der Waals surface area contributed by atoms with Crippen LogP contribution in [-0.4, -0.2) is 26.5 Å². The molecule has 0 spiro atoms. The minimum Gasteiger partial charge on any atom is -0.462 e. The summed E-state index contributed by atoms with van der Waals surface area (Å²) < 4.78 is 11.0. The van der Waals surface area contributed by atoms with Gasteiger partial charge < -0.3 is 9.15 Å². The van der Waals surface area contributed by atoms with Gasteiger partial charge in [-0.15, -0.1) is 23.2 Å². The molecule has 8 heteroatoms. The van der Waals surface area contributed by atoms with Crippen LogP contribution in [0.25, 0.3) is 11.1 Å². The van der Waals surface area contributed by atoms with Gasteiger partial charge in [0.1, 0.15) is 27.4 Å². The number of rotatable bonds is 4. The van der Waals surface area contributed by atoms with Gasteiger partial charge in [-0.3, -0.25) is 9.36 Å². The number of furan rings is 1. The minimum absolute atomic E-state index is 0.00757. The number of carbonyl (C=O) groups excluding carboxylic acids is 1. The molecule has 1 aliphatic carbocycles. The number of ether oxygens (including phenoxy) is 1. The fourth-order valence-electron chi connectivity index (χ4n) is 2.42. The van der Waals surface area contributed by atoms with Gasteiger partial charge in [-0.1, -0.05) is 0 Å². The first-order chi connectivity index (χ1) is 10.3. The minimum atomic E-state index is -0.787. The average molecular weight is 345 g/mol. The molecule has 1 unspecified atom stereocenters. The summed E-state index contributed by atoms with van der Waals surface area (Å²) in [6.45, 7) is 3.85. The van der Waals surface area contributed by atoms with Crippen LogP contribution in [0.5, 0.6) is 0 Å². The summed E-state index contributed by atoms with van der Waals surface area (Å²) in [5.41, 5.74) is -0.107. The Morgan fingerprint density at radius 3 is 2.86 bits per heavy atom. The number of esters is 1. The van der Waals surface area contributed by atoms with Crippen LogP contribution in [-0.2, 0) is 11.3 Å². The van der Waals surface area contributed by atoms with Crippen molar-refractivity contribution in [2.24, 2.45) is 5.92 Å². The zero-order valence-corrected chi connectivity index (χ0v) is 13.6. The lowest BCUT2D eigenvalue weighted by Gasteiger charge is -2.05.